The second kappa shape index (κ2) is 9.01. The Kier molecular flexibility index (Phi) is 5.98. The fourth-order valence-corrected chi connectivity index (χ4v) is 2.99. The summed E-state index contributed by atoms with van der Waals surface area (Å²) >= 11 is 0. The maximum atomic E-state index is 13.8. The van der Waals surface area contributed by atoms with Crippen molar-refractivity contribution >= 4 is 22.6 Å². The molecule has 1 heterocycles. The number of hydrogen-bond donors (Lipinski definition) is 2. The zero-order valence-corrected chi connectivity index (χ0v) is 16.9. The molecule has 6 nitrogen and oxygen atoms in total. The van der Waals surface area contributed by atoms with Gasteiger partial charge in [0.1, 0.15) is 23.9 Å². The summed E-state index contributed by atoms with van der Waals surface area (Å²) in [7, 11) is 0. The van der Waals surface area contributed by atoms with Gasteiger partial charge in [-0.15, -0.1) is 0 Å². The van der Waals surface area contributed by atoms with Gasteiger partial charge in [-0.2, -0.15) is 5.10 Å². The number of nitrogens with one attached hydrogen (secondary N) is 2. The summed E-state index contributed by atoms with van der Waals surface area (Å²) in [6, 6.07) is 15.0. The van der Waals surface area contributed by atoms with Gasteiger partial charge >= 0.3 is 0 Å². The Morgan fingerprint density at radius 1 is 1.00 bits per heavy atom. The lowest BCUT2D eigenvalue weighted by Gasteiger charge is -2.14. The molecule has 4 rings (SSSR count). The number of para-hydroxylation sites is 1. The zero-order valence-electron chi connectivity index (χ0n) is 16.9. The number of rotatable bonds is 7. The lowest BCUT2D eigenvalue weighted by atomic mass is 10.2. The van der Waals surface area contributed by atoms with Crippen LogP contribution in [0.25, 0.3) is 10.9 Å². The van der Waals surface area contributed by atoms with Crippen molar-refractivity contribution in [3.63, 3.8) is 0 Å². The van der Waals surface area contributed by atoms with Crippen molar-refractivity contribution in [2.75, 3.05) is 5.32 Å². The molecular weight excluding hydrogens is 423 g/mol. The third kappa shape index (κ3) is 4.66. The Labute approximate surface area is 181 Å². The summed E-state index contributed by atoms with van der Waals surface area (Å²) in [5, 5.41) is 10.1. The standard InChI is InChI=1S/C23H18F3N3O3/c1-13(32-15-5-3-2-4-6-15)23(30)27-22-17-10-16(7-8-21(17)28-29-22)31-12-14-9-19(25)20(26)11-18(14)24/h2-11,13H,12H2,1H3,(H2,27,28,29,30). The molecule has 1 unspecified atom stereocenters. The van der Waals surface area contributed by atoms with E-state index in [0.29, 0.717) is 28.5 Å². The molecule has 4 aromatic rings. The molecule has 0 saturated heterocycles. The first-order chi connectivity index (χ1) is 15.4. The van der Waals surface area contributed by atoms with Gasteiger partial charge in [-0.3, -0.25) is 9.89 Å². The van der Waals surface area contributed by atoms with E-state index in [1.165, 1.54) is 0 Å². The van der Waals surface area contributed by atoms with Gasteiger partial charge in [0.25, 0.3) is 5.91 Å². The van der Waals surface area contributed by atoms with Gasteiger partial charge in [-0.1, -0.05) is 18.2 Å². The Balaban J connectivity index is 1.46. The normalized spacial score (nSPS) is 11.9. The van der Waals surface area contributed by atoms with Crippen LogP contribution in [0, 0.1) is 17.5 Å². The van der Waals surface area contributed by atoms with E-state index in [-0.39, 0.29) is 18.0 Å². The van der Waals surface area contributed by atoms with Crippen LogP contribution in [0.1, 0.15) is 12.5 Å². The van der Waals surface area contributed by atoms with E-state index in [1.54, 1.807) is 49.4 Å². The van der Waals surface area contributed by atoms with E-state index in [2.05, 4.69) is 15.5 Å². The first-order valence-corrected chi connectivity index (χ1v) is 9.67. The van der Waals surface area contributed by atoms with Crippen molar-refractivity contribution < 1.29 is 27.4 Å². The first-order valence-electron chi connectivity index (χ1n) is 9.67. The van der Waals surface area contributed by atoms with Crippen LogP contribution in [0.2, 0.25) is 0 Å². The number of hydrogen-bond acceptors (Lipinski definition) is 4. The summed E-state index contributed by atoms with van der Waals surface area (Å²) < 4.78 is 51.4. The van der Waals surface area contributed by atoms with Crippen LogP contribution in [0.15, 0.2) is 60.7 Å². The molecule has 2 N–H and O–H groups in total. The fraction of sp³-hybridized carbons (Fsp3) is 0.130. The maximum Gasteiger partial charge on any atom is 0.266 e. The molecule has 0 aliphatic carbocycles. The summed E-state index contributed by atoms with van der Waals surface area (Å²) in [5.74, 6) is -2.60. The van der Waals surface area contributed by atoms with Crippen molar-refractivity contribution in [1.82, 2.24) is 10.2 Å². The summed E-state index contributed by atoms with van der Waals surface area (Å²) in [6.45, 7) is 1.30. The quantitative estimate of drug-likeness (QED) is 0.397. The Morgan fingerprint density at radius 3 is 2.53 bits per heavy atom. The highest BCUT2D eigenvalue weighted by Crippen LogP contribution is 2.26. The number of ether oxygens (including phenoxy) is 2. The van der Waals surface area contributed by atoms with Crippen LogP contribution in [0.3, 0.4) is 0 Å². The third-order valence-corrected chi connectivity index (χ3v) is 4.68. The molecule has 0 radical (unpaired) electrons. The van der Waals surface area contributed by atoms with E-state index < -0.39 is 29.5 Å². The van der Waals surface area contributed by atoms with Crippen molar-refractivity contribution in [3.05, 3.63) is 83.7 Å². The predicted octanol–water partition coefficient (Wildman–Crippen LogP) is 4.97. The van der Waals surface area contributed by atoms with Crippen LogP contribution in [-0.2, 0) is 11.4 Å². The molecule has 0 aliphatic heterocycles. The topological polar surface area (TPSA) is 76.2 Å². The summed E-state index contributed by atoms with van der Waals surface area (Å²) in [4.78, 5) is 12.5. The van der Waals surface area contributed by atoms with Crippen molar-refractivity contribution in [3.8, 4) is 11.5 Å². The number of anilines is 1. The highest BCUT2D eigenvalue weighted by Gasteiger charge is 2.18. The molecule has 3 aromatic carbocycles. The van der Waals surface area contributed by atoms with Crippen LogP contribution >= 0.6 is 0 Å². The lowest BCUT2D eigenvalue weighted by Crippen LogP contribution is -2.30. The van der Waals surface area contributed by atoms with Crippen LogP contribution < -0.4 is 14.8 Å². The van der Waals surface area contributed by atoms with E-state index in [9.17, 15) is 18.0 Å². The Hall–Kier alpha value is -4.01. The molecule has 1 amide bonds. The number of benzene rings is 3. The second-order valence-electron chi connectivity index (χ2n) is 6.99. The molecular formula is C23H18F3N3O3. The molecule has 0 saturated carbocycles. The third-order valence-electron chi connectivity index (χ3n) is 4.68. The number of aromatic amines is 1. The molecule has 1 atom stereocenters. The number of carbonyl (C=O) groups excluding carboxylic acids is 1. The minimum Gasteiger partial charge on any atom is -0.489 e. The molecule has 164 valence electrons. The van der Waals surface area contributed by atoms with Crippen molar-refractivity contribution in [1.29, 1.82) is 0 Å². The van der Waals surface area contributed by atoms with Crippen LogP contribution in [0.5, 0.6) is 11.5 Å². The number of aromatic nitrogens is 2. The number of H-pyrrole nitrogens is 1. The molecule has 0 aliphatic rings. The highest BCUT2D eigenvalue weighted by atomic mass is 19.2. The SMILES string of the molecule is CC(Oc1ccccc1)C(=O)Nc1n[nH]c2ccc(OCc3cc(F)c(F)cc3F)cc12. The van der Waals surface area contributed by atoms with Gasteiger partial charge in [0.05, 0.1) is 5.52 Å². The molecule has 1 aromatic heterocycles. The van der Waals surface area contributed by atoms with E-state index >= 15 is 0 Å². The predicted molar refractivity (Wildman–Crippen MR) is 112 cm³/mol. The lowest BCUT2D eigenvalue weighted by molar-refractivity contribution is -0.122. The van der Waals surface area contributed by atoms with Gasteiger partial charge in [-0.05, 0) is 43.3 Å². The molecule has 0 bridgehead atoms. The zero-order chi connectivity index (χ0) is 22.7. The first kappa shape index (κ1) is 21.2. The molecule has 32 heavy (non-hydrogen) atoms. The van der Waals surface area contributed by atoms with E-state index in [1.807, 2.05) is 6.07 Å². The number of fused-ring (bicyclic) bond motifs is 1. The minimum atomic E-state index is -1.27. The van der Waals surface area contributed by atoms with Crippen molar-refractivity contribution in [2.24, 2.45) is 0 Å². The Bertz CT molecular complexity index is 1260. The number of amides is 1. The van der Waals surface area contributed by atoms with Gasteiger partial charge in [0, 0.05) is 17.0 Å². The van der Waals surface area contributed by atoms with Gasteiger partial charge in [0.15, 0.2) is 23.6 Å². The smallest absolute Gasteiger partial charge is 0.266 e. The summed E-state index contributed by atoms with van der Waals surface area (Å²) in [5.41, 5.74) is 0.500. The number of carbonyl (C=O) groups is 1. The average molecular weight is 441 g/mol. The average Bonchev–Trinajstić information content (AvgIpc) is 3.18. The fourth-order valence-electron chi connectivity index (χ4n) is 2.99. The molecule has 0 spiro atoms. The number of nitrogens with zero attached hydrogens (tertiary/aromatic N) is 1. The summed E-state index contributed by atoms with van der Waals surface area (Å²) in [6.07, 6.45) is -0.778. The molecule has 0 fully saturated rings. The van der Waals surface area contributed by atoms with Gasteiger partial charge in [0.2, 0.25) is 0 Å². The monoisotopic (exact) mass is 441 g/mol. The Morgan fingerprint density at radius 2 is 1.75 bits per heavy atom. The molecule has 9 heteroatoms. The number of halogens is 3. The van der Waals surface area contributed by atoms with E-state index in [4.69, 9.17) is 9.47 Å². The van der Waals surface area contributed by atoms with Crippen molar-refractivity contribution in [2.45, 2.75) is 19.6 Å². The maximum absolute atomic E-state index is 13.8. The van der Waals surface area contributed by atoms with Crippen LogP contribution in [-0.4, -0.2) is 22.2 Å². The highest BCUT2D eigenvalue weighted by molar-refractivity contribution is 6.01. The minimum absolute atomic E-state index is 0.128. The van der Waals surface area contributed by atoms with Crippen LogP contribution in [0.4, 0.5) is 19.0 Å². The largest absolute Gasteiger partial charge is 0.489 e. The van der Waals surface area contributed by atoms with Gasteiger partial charge in [-0.25, -0.2) is 13.2 Å². The van der Waals surface area contributed by atoms with E-state index in [0.717, 1.165) is 6.07 Å². The van der Waals surface area contributed by atoms with Gasteiger partial charge < -0.3 is 14.8 Å². The second-order valence-corrected chi connectivity index (χ2v) is 6.99.